The van der Waals surface area contributed by atoms with Gasteiger partial charge in [0.25, 0.3) is 0 Å². The number of hydrogen-bond donors (Lipinski definition) is 0. The first kappa shape index (κ1) is 73.1. The van der Waals surface area contributed by atoms with Gasteiger partial charge in [0.15, 0.2) is 6.10 Å². The van der Waals surface area contributed by atoms with Gasteiger partial charge in [-0.2, -0.15) is 0 Å². The van der Waals surface area contributed by atoms with Gasteiger partial charge in [-0.3, -0.25) is 14.4 Å². The molecule has 0 fully saturated rings. The van der Waals surface area contributed by atoms with Crippen LogP contribution in [0.3, 0.4) is 0 Å². The van der Waals surface area contributed by atoms with Crippen molar-refractivity contribution in [2.24, 2.45) is 0 Å². The molecule has 0 saturated carbocycles. The molecule has 0 N–H and O–H groups in total. The number of rotatable bonds is 61. The van der Waals surface area contributed by atoms with Gasteiger partial charge in [0.05, 0.1) is 0 Å². The van der Waals surface area contributed by atoms with E-state index in [9.17, 15) is 14.4 Å². The highest BCUT2D eigenvalue weighted by Gasteiger charge is 2.19. The Morgan fingerprint density at radius 1 is 0.276 bits per heavy atom. The lowest BCUT2D eigenvalue weighted by Crippen LogP contribution is -2.30. The molecular formula is C70H126O6. The Labute approximate surface area is 472 Å². The lowest BCUT2D eigenvalue weighted by Gasteiger charge is -2.18. The third kappa shape index (κ3) is 62.0. The topological polar surface area (TPSA) is 78.9 Å². The summed E-state index contributed by atoms with van der Waals surface area (Å²) in [6.07, 6.45) is 82.3. The summed E-state index contributed by atoms with van der Waals surface area (Å²) in [7, 11) is 0. The second kappa shape index (κ2) is 64.6. The van der Waals surface area contributed by atoms with Gasteiger partial charge in [0, 0.05) is 19.3 Å². The highest BCUT2D eigenvalue weighted by Crippen LogP contribution is 2.18. The van der Waals surface area contributed by atoms with Crippen molar-refractivity contribution in [2.45, 2.75) is 354 Å². The summed E-state index contributed by atoms with van der Waals surface area (Å²) in [6.45, 7) is 6.58. The monoisotopic (exact) mass is 1060 g/mol. The van der Waals surface area contributed by atoms with Crippen molar-refractivity contribution >= 4 is 17.9 Å². The Hall–Kier alpha value is -2.89. The van der Waals surface area contributed by atoms with Crippen LogP contribution in [0.2, 0.25) is 0 Å². The summed E-state index contributed by atoms with van der Waals surface area (Å²) < 4.78 is 17.0. The maximum atomic E-state index is 12.9. The normalized spacial score (nSPS) is 12.4. The van der Waals surface area contributed by atoms with Crippen molar-refractivity contribution in [3.05, 3.63) is 60.8 Å². The first-order valence-corrected chi connectivity index (χ1v) is 33.3. The lowest BCUT2D eigenvalue weighted by molar-refractivity contribution is -0.167. The van der Waals surface area contributed by atoms with Crippen molar-refractivity contribution in [2.75, 3.05) is 13.2 Å². The predicted octanol–water partition coefficient (Wildman–Crippen LogP) is 22.7. The maximum Gasteiger partial charge on any atom is 0.306 e. The van der Waals surface area contributed by atoms with Crippen LogP contribution < -0.4 is 0 Å². The minimum Gasteiger partial charge on any atom is -0.462 e. The fourth-order valence-corrected chi connectivity index (χ4v) is 9.83. The van der Waals surface area contributed by atoms with Crippen LogP contribution in [-0.2, 0) is 28.6 Å². The Morgan fingerprint density at radius 2 is 0.513 bits per heavy atom. The first-order chi connectivity index (χ1) is 37.5. The molecule has 0 aliphatic rings. The average molecular weight is 1060 g/mol. The standard InChI is InChI=1S/C70H126O6/c1-4-7-10-13-16-19-22-25-28-30-32-33-34-35-36-37-39-40-42-45-48-51-54-57-60-63-69(72)75-66-67(65-74-68(71)62-59-56-53-50-47-44-27-24-21-18-15-12-9-6-3)76-70(73)64-61-58-55-52-49-46-43-41-38-31-29-26-23-20-17-14-11-8-5-2/h7,10,16,19,25,28,32-33,35-36,67H,4-6,8-9,11-15,17-18,20-24,26-27,29-31,34,37-66H2,1-3H3/b10-7-,19-16-,28-25-,33-32-,36-35-. The second-order valence-electron chi connectivity index (χ2n) is 22.4. The van der Waals surface area contributed by atoms with Crippen LogP contribution in [0.4, 0.5) is 0 Å². The molecule has 0 bridgehead atoms. The quantitative estimate of drug-likeness (QED) is 0.0261. The molecule has 6 heteroatoms. The Balaban J connectivity index is 4.30. The predicted molar refractivity (Wildman–Crippen MR) is 330 cm³/mol. The fraction of sp³-hybridized carbons (Fsp3) is 0.814. The van der Waals surface area contributed by atoms with Crippen LogP contribution in [0, 0.1) is 0 Å². The molecule has 0 saturated heterocycles. The van der Waals surface area contributed by atoms with Crippen molar-refractivity contribution in [3.8, 4) is 0 Å². The summed E-state index contributed by atoms with van der Waals surface area (Å²) in [5, 5.41) is 0. The molecule has 0 rings (SSSR count). The molecule has 0 radical (unpaired) electrons. The van der Waals surface area contributed by atoms with E-state index in [0.29, 0.717) is 19.3 Å². The molecule has 0 heterocycles. The van der Waals surface area contributed by atoms with E-state index < -0.39 is 6.10 Å². The Bertz CT molecular complexity index is 1360. The highest BCUT2D eigenvalue weighted by molar-refractivity contribution is 5.71. The van der Waals surface area contributed by atoms with Crippen LogP contribution in [0.25, 0.3) is 0 Å². The molecule has 0 aromatic carbocycles. The second-order valence-corrected chi connectivity index (χ2v) is 22.4. The summed E-state index contributed by atoms with van der Waals surface area (Å²) in [5.41, 5.74) is 0. The van der Waals surface area contributed by atoms with Crippen LogP contribution in [0.15, 0.2) is 60.8 Å². The van der Waals surface area contributed by atoms with Gasteiger partial charge in [-0.25, -0.2) is 0 Å². The van der Waals surface area contributed by atoms with E-state index >= 15 is 0 Å². The molecule has 76 heavy (non-hydrogen) atoms. The number of hydrogen-bond acceptors (Lipinski definition) is 6. The van der Waals surface area contributed by atoms with Gasteiger partial charge in [0.1, 0.15) is 13.2 Å². The minimum absolute atomic E-state index is 0.0704. The highest BCUT2D eigenvalue weighted by atomic mass is 16.6. The number of ether oxygens (including phenoxy) is 3. The largest absolute Gasteiger partial charge is 0.462 e. The Morgan fingerprint density at radius 3 is 0.803 bits per heavy atom. The minimum atomic E-state index is -0.774. The summed E-state index contributed by atoms with van der Waals surface area (Å²) in [4.78, 5) is 38.4. The van der Waals surface area contributed by atoms with Crippen molar-refractivity contribution in [3.63, 3.8) is 0 Å². The third-order valence-corrected chi connectivity index (χ3v) is 14.8. The van der Waals surface area contributed by atoms with E-state index in [1.165, 1.54) is 212 Å². The van der Waals surface area contributed by atoms with Crippen molar-refractivity contribution < 1.29 is 28.6 Å². The van der Waals surface area contributed by atoms with E-state index in [1.54, 1.807) is 0 Å². The molecule has 0 aliphatic heterocycles. The van der Waals surface area contributed by atoms with Crippen LogP contribution >= 0.6 is 0 Å². The molecular weight excluding hydrogens is 937 g/mol. The number of unbranched alkanes of at least 4 members (excludes halogenated alkanes) is 40. The third-order valence-electron chi connectivity index (χ3n) is 14.8. The number of carbonyl (C=O) groups excluding carboxylic acids is 3. The summed E-state index contributed by atoms with van der Waals surface area (Å²) in [5.74, 6) is -0.853. The summed E-state index contributed by atoms with van der Waals surface area (Å²) in [6, 6.07) is 0. The van der Waals surface area contributed by atoms with Crippen molar-refractivity contribution in [1.82, 2.24) is 0 Å². The smallest absolute Gasteiger partial charge is 0.306 e. The molecule has 0 spiro atoms. The van der Waals surface area contributed by atoms with Gasteiger partial charge < -0.3 is 14.2 Å². The van der Waals surface area contributed by atoms with E-state index in [4.69, 9.17) is 14.2 Å². The molecule has 0 amide bonds. The zero-order chi connectivity index (χ0) is 55.0. The summed E-state index contributed by atoms with van der Waals surface area (Å²) >= 11 is 0. The van der Waals surface area contributed by atoms with E-state index in [0.717, 1.165) is 96.3 Å². The van der Waals surface area contributed by atoms with Gasteiger partial charge in [0.2, 0.25) is 0 Å². The molecule has 0 aliphatic carbocycles. The molecule has 0 aromatic rings. The molecule has 0 aromatic heterocycles. The average Bonchev–Trinajstić information content (AvgIpc) is 3.42. The van der Waals surface area contributed by atoms with Crippen LogP contribution in [-0.4, -0.2) is 37.2 Å². The zero-order valence-corrected chi connectivity index (χ0v) is 50.8. The lowest BCUT2D eigenvalue weighted by atomic mass is 10.0. The first-order valence-electron chi connectivity index (χ1n) is 33.3. The zero-order valence-electron chi connectivity index (χ0n) is 50.8. The molecule has 442 valence electrons. The van der Waals surface area contributed by atoms with Crippen LogP contribution in [0.1, 0.15) is 348 Å². The fourth-order valence-electron chi connectivity index (χ4n) is 9.83. The molecule has 1 atom stereocenters. The Kier molecular flexibility index (Phi) is 62.2. The van der Waals surface area contributed by atoms with Crippen molar-refractivity contribution in [1.29, 1.82) is 0 Å². The van der Waals surface area contributed by atoms with Gasteiger partial charge in [-0.05, 0) is 64.2 Å². The van der Waals surface area contributed by atoms with E-state index in [2.05, 4.69) is 81.5 Å². The van der Waals surface area contributed by atoms with Gasteiger partial charge in [-0.15, -0.1) is 0 Å². The SMILES string of the molecule is CC/C=C\C/C=C\C/C=C\C/C=C\C/C=C\CCCCCCCCCCCC(=O)OCC(COC(=O)CCCCCCCCCCCCCCCC)OC(=O)CCCCCCCCCCCCCCCCCCCCC. The van der Waals surface area contributed by atoms with E-state index in [1.807, 2.05) is 0 Å². The number of carbonyl (C=O) groups is 3. The van der Waals surface area contributed by atoms with E-state index in [-0.39, 0.29) is 31.1 Å². The molecule has 6 nitrogen and oxygen atoms in total. The van der Waals surface area contributed by atoms with Gasteiger partial charge in [-0.1, -0.05) is 326 Å². The van der Waals surface area contributed by atoms with Gasteiger partial charge >= 0.3 is 17.9 Å². The maximum absolute atomic E-state index is 12.9. The number of esters is 3. The number of allylic oxidation sites excluding steroid dienone is 10. The van der Waals surface area contributed by atoms with Crippen LogP contribution in [0.5, 0.6) is 0 Å². The molecule has 1 unspecified atom stereocenters.